The van der Waals surface area contributed by atoms with Gasteiger partial charge in [-0.3, -0.25) is 9.59 Å². The molecule has 25 heavy (non-hydrogen) atoms. The third-order valence-electron chi connectivity index (χ3n) is 3.01. The summed E-state index contributed by atoms with van der Waals surface area (Å²) < 4.78 is 0. The summed E-state index contributed by atoms with van der Waals surface area (Å²) in [5.74, 6) is -1.41. The van der Waals surface area contributed by atoms with Gasteiger partial charge in [0.2, 0.25) is 0 Å². The highest BCUT2D eigenvalue weighted by molar-refractivity contribution is 6.37. The number of halogens is 2. The van der Waals surface area contributed by atoms with Crippen LogP contribution in [0.5, 0.6) is 0 Å². The quantitative estimate of drug-likeness (QED) is 0.582. The Labute approximate surface area is 154 Å². The zero-order valence-corrected chi connectivity index (χ0v) is 14.6. The van der Waals surface area contributed by atoms with Crippen LogP contribution >= 0.6 is 23.2 Å². The molecule has 2 aromatic rings. The smallest absolute Gasteiger partial charge is 0.339 e. The van der Waals surface area contributed by atoms with Crippen molar-refractivity contribution in [3.8, 4) is 0 Å². The number of amides is 1. The van der Waals surface area contributed by atoms with Crippen LogP contribution in [0.3, 0.4) is 0 Å². The maximum absolute atomic E-state index is 12.2. The lowest BCUT2D eigenvalue weighted by atomic mass is 10.2. The lowest BCUT2D eigenvalue weighted by Gasteiger charge is -2.12. The first-order valence-electron chi connectivity index (χ1n) is 7.17. The molecule has 0 spiro atoms. The lowest BCUT2D eigenvalue weighted by molar-refractivity contribution is -0.143. The highest BCUT2D eigenvalue weighted by atomic mass is 35.5. The average molecular weight is 381 g/mol. The van der Waals surface area contributed by atoms with E-state index >= 15 is 0 Å². The fraction of sp³-hybridized carbons (Fsp3) is 0.118. The number of hydrogen-bond acceptors (Lipinski definition) is 5. The van der Waals surface area contributed by atoms with Crippen molar-refractivity contribution in [3.63, 3.8) is 0 Å². The number of anilines is 2. The minimum absolute atomic E-state index is 0.170. The van der Waals surface area contributed by atoms with E-state index < -0.39 is 5.97 Å². The van der Waals surface area contributed by atoms with Crippen LogP contribution in [0.2, 0.25) is 10.0 Å². The van der Waals surface area contributed by atoms with E-state index in [4.69, 9.17) is 28.0 Å². The molecule has 0 saturated heterocycles. The Morgan fingerprint density at radius 3 is 2.24 bits per heavy atom. The van der Waals surface area contributed by atoms with E-state index in [0.717, 1.165) is 0 Å². The van der Waals surface area contributed by atoms with Crippen LogP contribution in [0, 0.1) is 0 Å². The topological polar surface area (TPSA) is 84.5 Å². The van der Waals surface area contributed by atoms with E-state index in [0.29, 0.717) is 11.3 Å². The Morgan fingerprint density at radius 1 is 1.00 bits per heavy atom. The summed E-state index contributed by atoms with van der Waals surface area (Å²) >= 11 is 12.2. The highest BCUT2D eigenvalue weighted by Crippen LogP contribution is 2.33. The molecule has 0 heterocycles. The average Bonchev–Trinajstić information content (AvgIpc) is 2.56. The fourth-order valence-corrected chi connectivity index (χ4v) is 2.27. The molecule has 2 N–H and O–H groups in total. The van der Waals surface area contributed by atoms with Crippen LogP contribution < -0.4 is 10.8 Å². The molecule has 1 amide bonds. The summed E-state index contributed by atoms with van der Waals surface area (Å²) in [6.45, 7) is 1.27. The monoisotopic (exact) mass is 380 g/mol. The van der Waals surface area contributed by atoms with Gasteiger partial charge in [0, 0.05) is 5.56 Å². The van der Waals surface area contributed by atoms with E-state index in [-0.39, 0.29) is 33.8 Å². The molecule has 6 nitrogen and oxygen atoms in total. The van der Waals surface area contributed by atoms with Crippen LogP contribution in [-0.2, 0) is 14.4 Å². The van der Waals surface area contributed by atoms with Crippen LogP contribution in [0.25, 0.3) is 0 Å². The molecule has 2 aromatic carbocycles. The number of carbonyl (C=O) groups excluding carboxylic acids is 3. The number of nitrogens with one attached hydrogen (secondary N) is 2. The van der Waals surface area contributed by atoms with Gasteiger partial charge in [-0.05, 0) is 31.2 Å². The highest BCUT2D eigenvalue weighted by Gasteiger charge is 2.13. The summed E-state index contributed by atoms with van der Waals surface area (Å²) in [6.07, 6.45) is -0.358. The molecule has 0 aliphatic heterocycles. The van der Waals surface area contributed by atoms with Gasteiger partial charge < -0.3 is 10.2 Å². The van der Waals surface area contributed by atoms with Crippen LogP contribution in [-0.4, -0.2) is 17.7 Å². The third-order valence-corrected chi connectivity index (χ3v) is 3.63. The molecule has 0 atom stereocenters. The summed E-state index contributed by atoms with van der Waals surface area (Å²) in [5, 5.41) is 3.01. The fourth-order valence-electron chi connectivity index (χ4n) is 1.86. The Morgan fingerprint density at radius 2 is 1.60 bits per heavy atom. The van der Waals surface area contributed by atoms with Crippen molar-refractivity contribution in [1.82, 2.24) is 0 Å². The largest absolute Gasteiger partial charge is 0.343 e. The predicted molar refractivity (Wildman–Crippen MR) is 95.9 cm³/mol. The number of ketones is 1. The first kappa shape index (κ1) is 18.8. The van der Waals surface area contributed by atoms with E-state index in [1.54, 1.807) is 30.3 Å². The molecule has 0 saturated carbocycles. The first-order valence-corrected chi connectivity index (χ1v) is 7.93. The molecule has 0 unspecified atom stereocenters. The van der Waals surface area contributed by atoms with Crippen molar-refractivity contribution in [2.75, 3.05) is 10.8 Å². The Bertz CT molecular complexity index is 810. The Kier molecular flexibility index (Phi) is 6.38. The van der Waals surface area contributed by atoms with Crippen LogP contribution in [0.1, 0.15) is 23.7 Å². The zero-order chi connectivity index (χ0) is 18.4. The van der Waals surface area contributed by atoms with E-state index in [9.17, 15) is 14.4 Å². The maximum Gasteiger partial charge on any atom is 0.339 e. The lowest BCUT2D eigenvalue weighted by Crippen LogP contribution is -2.14. The molecule has 130 valence electrons. The number of rotatable bonds is 6. The standard InChI is InChI=1S/C17H14Cl2N2O4/c1-10(22)7-16(23)25-21-15-9-12(18)14(8-13(15)19)20-17(24)11-5-3-2-4-6-11/h2-6,8-9,21H,7H2,1H3,(H,20,24). The molecule has 8 heteroatoms. The van der Waals surface area contributed by atoms with Gasteiger partial charge in [0.25, 0.3) is 5.91 Å². The van der Waals surface area contributed by atoms with Gasteiger partial charge in [0.1, 0.15) is 12.2 Å². The SMILES string of the molecule is CC(=O)CC(=O)ONc1cc(Cl)c(NC(=O)c2ccccc2)cc1Cl. The molecule has 0 fully saturated rings. The van der Waals surface area contributed by atoms with Crippen molar-refractivity contribution in [2.24, 2.45) is 0 Å². The Hall–Kier alpha value is -2.57. The maximum atomic E-state index is 12.2. The third kappa shape index (κ3) is 5.48. The number of hydrogen-bond donors (Lipinski definition) is 2. The van der Waals surface area contributed by atoms with Gasteiger partial charge >= 0.3 is 5.97 Å². The van der Waals surface area contributed by atoms with Gasteiger partial charge in [-0.15, -0.1) is 0 Å². The summed E-state index contributed by atoms with van der Waals surface area (Å²) in [4.78, 5) is 39.1. The van der Waals surface area contributed by atoms with Gasteiger partial charge in [0.05, 0.1) is 21.4 Å². The minimum atomic E-state index is -0.749. The summed E-state index contributed by atoms with van der Waals surface area (Å²) in [6, 6.07) is 11.4. The van der Waals surface area contributed by atoms with E-state index in [1.165, 1.54) is 19.1 Å². The van der Waals surface area contributed by atoms with Gasteiger partial charge in [-0.25, -0.2) is 10.3 Å². The molecule has 0 radical (unpaired) electrons. The second-order valence-electron chi connectivity index (χ2n) is 5.09. The molecule has 0 bridgehead atoms. The van der Waals surface area contributed by atoms with Crippen LogP contribution in [0.4, 0.5) is 11.4 Å². The molecular weight excluding hydrogens is 367 g/mol. The summed E-state index contributed by atoms with van der Waals surface area (Å²) in [5.41, 5.74) is 3.34. The van der Waals surface area contributed by atoms with Gasteiger partial charge in [0.15, 0.2) is 0 Å². The molecule has 0 aliphatic carbocycles. The summed E-state index contributed by atoms with van der Waals surface area (Å²) in [7, 11) is 0. The molecule has 0 aromatic heterocycles. The van der Waals surface area contributed by atoms with Crippen molar-refractivity contribution in [3.05, 3.63) is 58.1 Å². The van der Waals surface area contributed by atoms with Gasteiger partial charge in [-0.2, -0.15) is 0 Å². The second-order valence-corrected chi connectivity index (χ2v) is 5.90. The molecule has 2 rings (SSSR count). The van der Waals surface area contributed by atoms with Crippen molar-refractivity contribution in [2.45, 2.75) is 13.3 Å². The van der Waals surface area contributed by atoms with Crippen molar-refractivity contribution in [1.29, 1.82) is 0 Å². The predicted octanol–water partition coefficient (Wildman–Crippen LogP) is 4.09. The Balaban J connectivity index is 2.08. The van der Waals surface area contributed by atoms with Gasteiger partial charge in [-0.1, -0.05) is 41.4 Å². The normalized spacial score (nSPS) is 10.0. The van der Waals surface area contributed by atoms with E-state index in [1.807, 2.05) is 0 Å². The minimum Gasteiger partial charge on any atom is -0.343 e. The molecule has 0 aliphatic rings. The number of Topliss-reactive ketones (excluding diaryl/α,β-unsaturated/α-hetero) is 1. The van der Waals surface area contributed by atoms with Crippen LogP contribution in [0.15, 0.2) is 42.5 Å². The number of benzene rings is 2. The zero-order valence-electron chi connectivity index (χ0n) is 13.1. The van der Waals surface area contributed by atoms with Crippen molar-refractivity contribution < 1.29 is 19.2 Å². The first-order chi connectivity index (χ1) is 11.9. The number of carbonyl (C=O) groups is 3. The second kappa shape index (κ2) is 8.50. The van der Waals surface area contributed by atoms with E-state index in [2.05, 4.69) is 10.8 Å². The molecular formula is C17H14Cl2N2O4. The van der Waals surface area contributed by atoms with Crippen molar-refractivity contribution >= 4 is 52.2 Å².